The van der Waals surface area contributed by atoms with Gasteiger partial charge >= 0.3 is 12.2 Å². The van der Waals surface area contributed by atoms with Crippen molar-refractivity contribution in [1.29, 1.82) is 0 Å². The van der Waals surface area contributed by atoms with Crippen LogP contribution >= 0.6 is 11.6 Å². The molecule has 1 saturated heterocycles. The predicted octanol–water partition coefficient (Wildman–Crippen LogP) is 3.69. The van der Waals surface area contributed by atoms with Gasteiger partial charge in [-0.3, -0.25) is 4.90 Å². The number of amides is 2. The summed E-state index contributed by atoms with van der Waals surface area (Å²) >= 11 is 5.62. The van der Waals surface area contributed by atoms with Crippen molar-refractivity contribution in [2.45, 2.75) is 6.18 Å². The van der Waals surface area contributed by atoms with E-state index in [-0.39, 0.29) is 10.7 Å². The topological polar surface area (TPSA) is 35.6 Å². The highest BCUT2D eigenvalue weighted by Crippen LogP contribution is 2.36. The van der Waals surface area contributed by atoms with Crippen LogP contribution in [-0.2, 0) is 6.18 Å². The molecule has 1 aliphatic rings. The van der Waals surface area contributed by atoms with Crippen molar-refractivity contribution < 1.29 is 18.0 Å². The van der Waals surface area contributed by atoms with Gasteiger partial charge < -0.3 is 10.2 Å². The van der Waals surface area contributed by atoms with Crippen molar-refractivity contribution in [3.63, 3.8) is 0 Å². The Morgan fingerprint density at radius 2 is 1.96 bits per heavy atom. The smallest absolute Gasteiger partial charge is 0.322 e. The first kappa shape index (κ1) is 17.6. The molecule has 0 spiro atoms. The lowest BCUT2D eigenvalue weighted by molar-refractivity contribution is -0.136. The zero-order chi connectivity index (χ0) is 17.0. The summed E-state index contributed by atoms with van der Waals surface area (Å²) in [6.45, 7) is 6.60. The summed E-state index contributed by atoms with van der Waals surface area (Å²) < 4.78 is 39.1. The van der Waals surface area contributed by atoms with Gasteiger partial charge in [0, 0.05) is 37.7 Å². The lowest BCUT2D eigenvalue weighted by atomic mass is 10.1. The summed E-state index contributed by atoms with van der Waals surface area (Å²) in [6, 6.07) is 2.74. The van der Waals surface area contributed by atoms with Gasteiger partial charge in [0.05, 0.1) is 11.3 Å². The molecule has 4 nitrogen and oxygen atoms in total. The number of nitrogens with zero attached hydrogens (tertiary/aromatic N) is 2. The van der Waals surface area contributed by atoms with Crippen LogP contribution in [0, 0.1) is 0 Å². The summed E-state index contributed by atoms with van der Waals surface area (Å²) in [5.74, 6) is 0. The Morgan fingerprint density at radius 3 is 2.52 bits per heavy atom. The summed E-state index contributed by atoms with van der Waals surface area (Å²) in [7, 11) is 0. The average Bonchev–Trinajstić information content (AvgIpc) is 2.49. The first-order valence-electron chi connectivity index (χ1n) is 7.07. The number of benzene rings is 1. The van der Waals surface area contributed by atoms with Gasteiger partial charge in [0.1, 0.15) is 0 Å². The van der Waals surface area contributed by atoms with Crippen LogP contribution in [0.1, 0.15) is 5.56 Å². The normalized spacial score (nSPS) is 16.3. The second-order valence-corrected chi connectivity index (χ2v) is 5.63. The highest BCUT2D eigenvalue weighted by Gasteiger charge is 2.34. The van der Waals surface area contributed by atoms with Gasteiger partial charge in [-0.05, 0) is 18.2 Å². The molecule has 1 aromatic rings. The van der Waals surface area contributed by atoms with Crippen molar-refractivity contribution in [3.8, 4) is 0 Å². The van der Waals surface area contributed by atoms with Crippen molar-refractivity contribution in [3.05, 3.63) is 41.4 Å². The van der Waals surface area contributed by atoms with Gasteiger partial charge in [0.25, 0.3) is 0 Å². The number of carbonyl (C=O) groups is 1. The van der Waals surface area contributed by atoms with Gasteiger partial charge in [0.2, 0.25) is 0 Å². The third-order valence-electron chi connectivity index (χ3n) is 3.58. The minimum atomic E-state index is -4.59. The molecule has 1 aromatic carbocycles. The van der Waals surface area contributed by atoms with E-state index in [1.807, 2.05) is 0 Å². The van der Waals surface area contributed by atoms with E-state index in [9.17, 15) is 18.0 Å². The number of halogens is 4. The largest absolute Gasteiger partial charge is 0.418 e. The second-order valence-electron chi connectivity index (χ2n) is 5.19. The number of hydrogen-bond donors (Lipinski definition) is 1. The molecule has 1 N–H and O–H groups in total. The summed E-state index contributed by atoms with van der Waals surface area (Å²) in [6.07, 6.45) is -2.81. The molecule has 0 unspecified atom stereocenters. The molecule has 1 aliphatic heterocycles. The van der Waals surface area contributed by atoms with Crippen LogP contribution in [0.4, 0.5) is 23.7 Å². The number of rotatable bonds is 3. The molecule has 23 heavy (non-hydrogen) atoms. The van der Waals surface area contributed by atoms with Crippen molar-refractivity contribution in [1.82, 2.24) is 9.80 Å². The highest BCUT2D eigenvalue weighted by atomic mass is 35.5. The van der Waals surface area contributed by atoms with Crippen LogP contribution in [0.3, 0.4) is 0 Å². The second kappa shape index (κ2) is 7.23. The van der Waals surface area contributed by atoms with Crippen molar-refractivity contribution >= 4 is 23.3 Å². The van der Waals surface area contributed by atoms with Crippen molar-refractivity contribution in [2.75, 3.05) is 38.0 Å². The van der Waals surface area contributed by atoms with Crippen LogP contribution in [0.25, 0.3) is 0 Å². The molecule has 0 bridgehead atoms. The number of piperazine rings is 1. The van der Waals surface area contributed by atoms with Gasteiger partial charge in [-0.15, -0.1) is 6.58 Å². The zero-order valence-corrected chi connectivity index (χ0v) is 13.1. The van der Waals surface area contributed by atoms with Crippen LogP contribution in [0.15, 0.2) is 30.9 Å². The molecular formula is C15H17ClF3N3O. The molecular weight excluding hydrogens is 331 g/mol. The Labute approximate surface area is 137 Å². The van der Waals surface area contributed by atoms with E-state index in [1.165, 1.54) is 11.0 Å². The van der Waals surface area contributed by atoms with Crippen LogP contribution in [-0.4, -0.2) is 48.6 Å². The van der Waals surface area contributed by atoms with Gasteiger partial charge in [-0.25, -0.2) is 4.79 Å². The van der Waals surface area contributed by atoms with E-state index < -0.39 is 17.8 Å². The zero-order valence-electron chi connectivity index (χ0n) is 12.4. The van der Waals surface area contributed by atoms with E-state index in [1.54, 1.807) is 6.08 Å². The van der Waals surface area contributed by atoms with E-state index in [2.05, 4.69) is 16.8 Å². The molecule has 126 valence electrons. The maximum atomic E-state index is 13.0. The maximum Gasteiger partial charge on any atom is 0.418 e. The molecule has 2 rings (SSSR count). The molecule has 0 radical (unpaired) electrons. The molecule has 2 amide bonds. The summed E-state index contributed by atoms with van der Waals surface area (Å²) in [4.78, 5) is 15.8. The Bertz CT molecular complexity index is 584. The number of hydrogen-bond acceptors (Lipinski definition) is 2. The Balaban J connectivity index is 2.05. The monoisotopic (exact) mass is 347 g/mol. The minimum Gasteiger partial charge on any atom is -0.322 e. The minimum absolute atomic E-state index is 0.0339. The summed E-state index contributed by atoms with van der Waals surface area (Å²) in [5, 5.41) is 2.30. The average molecular weight is 348 g/mol. The van der Waals surface area contributed by atoms with Crippen LogP contribution in [0.5, 0.6) is 0 Å². The standard InChI is InChI=1S/C15H17ClF3N3O/c1-2-5-21-6-8-22(9-7-21)14(23)20-13-4-3-11(16)10-12(13)15(17,18)19/h2-4,10H,1,5-9H2,(H,20,23). The number of nitrogens with one attached hydrogen (secondary N) is 1. The van der Waals surface area contributed by atoms with Gasteiger partial charge in [0.15, 0.2) is 0 Å². The summed E-state index contributed by atoms with van der Waals surface area (Å²) in [5.41, 5.74) is -1.25. The molecule has 0 atom stereocenters. The fourth-order valence-electron chi connectivity index (χ4n) is 2.37. The molecule has 1 fully saturated rings. The fraction of sp³-hybridized carbons (Fsp3) is 0.400. The van der Waals surface area contributed by atoms with Gasteiger partial charge in [-0.1, -0.05) is 17.7 Å². The SMILES string of the molecule is C=CCN1CCN(C(=O)Nc2ccc(Cl)cc2C(F)(F)F)CC1. The van der Waals surface area contributed by atoms with Gasteiger partial charge in [-0.2, -0.15) is 13.2 Å². The Hall–Kier alpha value is -1.73. The molecule has 0 aromatic heterocycles. The Morgan fingerprint density at radius 1 is 1.30 bits per heavy atom. The number of urea groups is 1. The van der Waals surface area contributed by atoms with Crippen LogP contribution < -0.4 is 5.32 Å². The lowest BCUT2D eigenvalue weighted by Gasteiger charge is -2.34. The number of anilines is 1. The third-order valence-corrected chi connectivity index (χ3v) is 3.81. The molecule has 8 heteroatoms. The lowest BCUT2D eigenvalue weighted by Crippen LogP contribution is -2.50. The molecule has 0 aliphatic carbocycles. The highest BCUT2D eigenvalue weighted by molar-refractivity contribution is 6.30. The first-order valence-corrected chi connectivity index (χ1v) is 7.45. The van der Waals surface area contributed by atoms with Crippen molar-refractivity contribution in [2.24, 2.45) is 0 Å². The van der Waals surface area contributed by atoms with E-state index in [4.69, 9.17) is 11.6 Å². The first-order chi connectivity index (χ1) is 10.8. The third kappa shape index (κ3) is 4.62. The van der Waals surface area contributed by atoms with Crippen LogP contribution in [0.2, 0.25) is 5.02 Å². The number of alkyl halides is 3. The molecule has 0 saturated carbocycles. The predicted molar refractivity (Wildman–Crippen MR) is 83.7 cm³/mol. The quantitative estimate of drug-likeness (QED) is 0.846. The van der Waals surface area contributed by atoms with E-state index in [0.29, 0.717) is 26.2 Å². The van der Waals surface area contributed by atoms with E-state index >= 15 is 0 Å². The fourth-order valence-corrected chi connectivity index (χ4v) is 2.54. The maximum absolute atomic E-state index is 13.0. The molecule has 1 heterocycles. The van der Waals surface area contributed by atoms with E-state index in [0.717, 1.165) is 18.7 Å². The number of carbonyl (C=O) groups excluding carboxylic acids is 1. The Kier molecular flexibility index (Phi) is 5.54.